The molecule has 0 aliphatic carbocycles. The molecule has 0 bridgehead atoms. The zero-order valence-electron chi connectivity index (χ0n) is 10.3. The van der Waals surface area contributed by atoms with Gasteiger partial charge in [-0.15, -0.1) is 0 Å². The number of rotatable bonds is 3. The predicted octanol–water partition coefficient (Wildman–Crippen LogP) is 1.75. The van der Waals surface area contributed by atoms with Gasteiger partial charge in [0, 0.05) is 25.7 Å². The van der Waals surface area contributed by atoms with Crippen LogP contribution in [-0.4, -0.2) is 35.8 Å². The normalized spacial score (nSPS) is 17.0. The van der Waals surface area contributed by atoms with Crippen LogP contribution in [0, 0.1) is 11.6 Å². The van der Waals surface area contributed by atoms with Gasteiger partial charge in [0.25, 0.3) is 0 Å². The summed E-state index contributed by atoms with van der Waals surface area (Å²) in [5.74, 6) is -1.13. The zero-order valence-corrected chi connectivity index (χ0v) is 10.3. The third kappa shape index (κ3) is 2.69. The number of nitrogens with zero attached hydrogens (tertiary/aromatic N) is 2. The van der Waals surface area contributed by atoms with Crippen LogP contribution < -0.4 is 10.2 Å². The predicted molar refractivity (Wildman–Crippen MR) is 65.8 cm³/mol. The summed E-state index contributed by atoms with van der Waals surface area (Å²) in [6.07, 6.45) is 0.822. The number of halogens is 2. The molecule has 0 atom stereocenters. The number of hydrogen-bond acceptors (Lipinski definition) is 4. The lowest BCUT2D eigenvalue weighted by molar-refractivity contribution is 0.145. The van der Waals surface area contributed by atoms with Crippen LogP contribution in [0.1, 0.15) is 19.8 Å². The van der Waals surface area contributed by atoms with E-state index in [0.717, 1.165) is 6.07 Å². The molecule has 4 nitrogen and oxygen atoms in total. The van der Waals surface area contributed by atoms with Crippen LogP contribution >= 0.6 is 0 Å². The molecular weight excluding hydrogens is 240 g/mol. The van der Waals surface area contributed by atoms with Gasteiger partial charge in [0.1, 0.15) is 0 Å². The van der Waals surface area contributed by atoms with E-state index in [-0.39, 0.29) is 17.7 Å². The van der Waals surface area contributed by atoms with E-state index in [9.17, 15) is 13.9 Å². The van der Waals surface area contributed by atoms with E-state index in [1.807, 2.05) is 6.92 Å². The first-order valence-electron chi connectivity index (χ1n) is 6.14. The SMILES string of the molecule is CCNc1nc(N2CCC(O)CC2)c(F)cc1F. The van der Waals surface area contributed by atoms with Crippen molar-refractivity contribution in [1.29, 1.82) is 0 Å². The van der Waals surface area contributed by atoms with Crippen LogP contribution in [-0.2, 0) is 0 Å². The lowest BCUT2D eigenvalue weighted by Gasteiger charge is -2.30. The fourth-order valence-corrected chi connectivity index (χ4v) is 2.05. The van der Waals surface area contributed by atoms with Gasteiger partial charge < -0.3 is 15.3 Å². The molecule has 6 heteroatoms. The third-order valence-corrected chi connectivity index (χ3v) is 3.02. The van der Waals surface area contributed by atoms with Gasteiger partial charge in [-0.2, -0.15) is 0 Å². The maximum Gasteiger partial charge on any atom is 0.168 e. The van der Waals surface area contributed by atoms with E-state index in [4.69, 9.17) is 0 Å². The topological polar surface area (TPSA) is 48.4 Å². The van der Waals surface area contributed by atoms with Crippen LogP contribution in [0.15, 0.2) is 6.07 Å². The van der Waals surface area contributed by atoms with E-state index in [1.165, 1.54) is 0 Å². The van der Waals surface area contributed by atoms with Crippen molar-refractivity contribution in [2.75, 3.05) is 29.9 Å². The summed E-state index contributed by atoms with van der Waals surface area (Å²) in [4.78, 5) is 5.73. The second-order valence-electron chi connectivity index (χ2n) is 4.37. The van der Waals surface area contributed by atoms with Gasteiger partial charge in [-0.1, -0.05) is 0 Å². The van der Waals surface area contributed by atoms with Crippen LogP contribution in [0.3, 0.4) is 0 Å². The summed E-state index contributed by atoms with van der Waals surface area (Å²) in [5.41, 5.74) is 0. The highest BCUT2D eigenvalue weighted by molar-refractivity contribution is 5.49. The molecule has 0 radical (unpaired) electrons. The average Bonchev–Trinajstić information content (AvgIpc) is 2.34. The van der Waals surface area contributed by atoms with E-state index >= 15 is 0 Å². The molecule has 1 aliphatic rings. The van der Waals surface area contributed by atoms with Crippen molar-refractivity contribution in [2.45, 2.75) is 25.9 Å². The van der Waals surface area contributed by atoms with Gasteiger partial charge in [-0.25, -0.2) is 13.8 Å². The molecule has 100 valence electrons. The molecule has 0 unspecified atom stereocenters. The van der Waals surface area contributed by atoms with Gasteiger partial charge >= 0.3 is 0 Å². The molecule has 0 spiro atoms. The minimum absolute atomic E-state index is 0.0695. The second-order valence-corrected chi connectivity index (χ2v) is 4.37. The number of anilines is 2. The van der Waals surface area contributed by atoms with Crippen molar-refractivity contribution in [3.63, 3.8) is 0 Å². The lowest BCUT2D eigenvalue weighted by atomic mass is 10.1. The first-order valence-corrected chi connectivity index (χ1v) is 6.14. The number of hydrogen-bond donors (Lipinski definition) is 2. The Morgan fingerprint density at radius 1 is 1.39 bits per heavy atom. The monoisotopic (exact) mass is 257 g/mol. The number of aliphatic hydroxyl groups excluding tert-OH is 1. The minimum Gasteiger partial charge on any atom is -0.393 e. The molecule has 0 amide bonds. The fourth-order valence-electron chi connectivity index (χ4n) is 2.05. The average molecular weight is 257 g/mol. The molecule has 2 rings (SSSR count). The highest BCUT2D eigenvalue weighted by Crippen LogP contribution is 2.25. The lowest BCUT2D eigenvalue weighted by Crippen LogP contribution is -2.37. The number of pyridine rings is 1. The number of aromatic nitrogens is 1. The van der Waals surface area contributed by atoms with Gasteiger partial charge in [0.15, 0.2) is 23.3 Å². The van der Waals surface area contributed by atoms with Crippen LogP contribution in [0.4, 0.5) is 20.4 Å². The van der Waals surface area contributed by atoms with E-state index < -0.39 is 11.6 Å². The Bertz CT molecular complexity index is 420. The fraction of sp³-hybridized carbons (Fsp3) is 0.583. The van der Waals surface area contributed by atoms with Crippen LogP contribution in [0.2, 0.25) is 0 Å². The molecule has 1 aromatic rings. The Morgan fingerprint density at radius 3 is 2.67 bits per heavy atom. The third-order valence-electron chi connectivity index (χ3n) is 3.02. The quantitative estimate of drug-likeness (QED) is 0.866. The molecule has 1 aromatic heterocycles. The van der Waals surface area contributed by atoms with Crippen molar-refractivity contribution in [1.82, 2.24) is 4.98 Å². The minimum atomic E-state index is -0.685. The first kappa shape index (κ1) is 13.0. The maximum absolute atomic E-state index is 13.7. The summed E-state index contributed by atoms with van der Waals surface area (Å²) < 4.78 is 27.1. The molecule has 2 N–H and O–H groups in total. The molecule has 18 heavy (non-hydrogen) atoms. The molecule has 0 saturated carbocycles. The summed E-state index contributed by atoms with van der Waals surface area (Å²) >= 11 is 0. The Labute approximate surface area is 105 Å². The Morgan fingerprint density at radius 2 is 2.06 bits per heavy atom. The highest BCUT2D eigenvalue weighted by atomic mass is 19.1. The van der Waals surface area contributed by atoms with Crippen LogP contribution in [0.5, 0.6) is 0 Å². The summed E-state index contributed by atoms with van der Waals surface area (Å²) in [7, 11) is 0. The van der Waals surface area contributed by atoms with E-state index in [1.54, 1.807) is 4.90 Å². The number of nitrogens with one attached hydrogen (secondary N) is 1. The van der Waals surface area contributed by atoms with Crippen molar-refractivity contribution >= 4 is 11.6 Å². The van der Waals surface area contributed by atoms with Crippen LogP contribution in [0.25, 0.3) is 0 Å². The second kappa shape index (κ2) is 5.48. The van der Waals surface area contributed by atoms with Gasteiger partial charge in [-0.05, 0) is 19.8 Å². The number of aliphatic hydroxyl groups is 1. The number of piperidine rings is 1. The molecule has 0 aromatic carbocycles. The van der Waals surface area contributed by atoms with Crippen molar-refractivity contribution in [2.24, 2.45) is 0 Å². The summed E-state index contributed by atoms with van der Waals surface area (Å²) in [6.45, 7) is 3.40. The smallest absolute Gasteiger partial charge is 0.168 e. The molecule has 1 aliphatic heterocycles. The Kier molecular flexibility index (Phi) is 3.96. The summed E-state index contributed by atoms with van der Waals surface area (Å²) in [6, 6.07) is 0.853. The van der Waals surface area contributed by atoms with Crippen molar-refractivity contribution in [3.8, 4) is 0 Å². The largest absolute Gasteiger partial charge is 0.393 e. The summed E-state index contributed by atoms with van der Waals surface area (Å²) in [5, 5.41) is 12.2. The van der Waals surface area contributed by atoms with E-state index in [0.29, 0.717) is 32.5 Å². The highest BCUT2D eigenvalue weighted by Gasteiger charge is 2.22. The van der Waals surface area contributed by atoms with E-state index in [2.05, 4.69) is 10.3 Å². The zero-order chi connectivity index (χ0) is 13.1. The Hall–Kier alpha value is -1.43. The molecule has 1 saturated heterocycles. The van der Waals surface area contributed by atoms with Gasteiger partial charge in [0.05, 0.1) is 6.10 Å². The van der Waals surface area contributed by atoms with Gasteiger partial charge in [-0.3, -0.25) is 0 Å². The molecular formula is C12H17F2N3O. The standard InChI is InChI=1S/C12H17F2N3O/c1-2-15-11-9(13)7-10(14)12(16-11)17-5-3-8(18)4-6-17/h7-8,18H,2-6H2,1H3,(H,15,16). The first-order chi connectivity index (χ1) is 8.61. The van der Waals surface area contributed by atoms with Crippen molar-refractivity contribution < 1.29 is 13.9 Å². The van der Waals surface area contributed by atoms with Gasteiger partial charge in [0.2, 0.25) is 0 Å². The molecule has 1 fully saturated rings. The van der Waals surface area contributed by atoms with Crippen molar-refractivity contribution in [3.05, 3.63) is 17.7 Å². The Balaban J connectivity index is 2.23. The maximum atomic E-state index is 13.7. The molecule has 2 heterocycles.